The van der Waals surface area contributed by atoms with Crippen LogP contribution in [0, 0.1) is 0 Å². The van der Waals surface area contributed by atoms with Crippen molar-refractivity contribution in [2.45, 2.75) is 0 Å². The Hall–Kier alpha value is -6.20. The van der Waals surface area contributed by atoms with Crippen LogP contribution < -0.4 is 0 Å². The minimum atomic E-state index is 0.583. The summed E-state index contributed by atoms with van der Waals surface area (Å²) in [6, 6.07) is 50.3. The van der Waals surface area contributed by atoms with E-state index in [0.29, 0.717) is 17.5 Å². The number of rotatable bonds is 4. The van der Waals surface area contributed by atoms with Gasteiger partial charge in [0.2, 0.25) is 0 Å². The number of benzene rings is 6. The van der Waals surface area contributed by atoms with Crippen LogP contribution in [0.1, 0.15) is 0 Å². The number of nitrogens with zero attached hydrogens (tertiary/aromatic N) is 5. The Labute approximate surface area is 259 Å². The molecule has 0 aliphatic rings. The van der Waals surface area contributed by atoms with Crippen molar-refractivity contribution in [2.24, 2.45) is 0 Å². The van der Waals surface area contributed by atoms with Crippen molar-refractivity contribution >= 4 is 43.4 Å². The maximum absolute atomic E-state index is 4.99. The van der Waals surface area contributed by atoms with Gasteiger partial charge in [-0.15, -0.1) is 0 Å². The first-order valence-corrected chi connectivity index (χ1v) is 15.0. The Morgan fingerprint density at radius 1 is 0.400 bits per heavy atom. The Balaban J connectivity index is 1.20. The number of aromatic nitrogens is 5. The summed E-state index contributed by atoms with van der Waals surface area (Å²) >= 11 is 0. The van der Waals surface area contributed by atoms with Crippen molar-refractivity contribution in [3.8, 4) is 40.0 Å². The molecule has 0 fully saturated rings. The van der Waals surface area contributed by atoms with Crippen molar-refractivity contribution in [1.29, 1.82) is 0 Å². The van der Waals surface area contributed by atoms with Gasteiger partial charge in [-0.1, -0.05) is 115 Å². The summed E-state index contributed by atoms with van der Waals surface area (Å²) in [6.07, 6.45) is 1.87. The molecule has 6 aromatic carbocycles. The molecule has 0 amide bonds. The molecule has 0 unspecified atom stereocenters. The summed E-state index contributed by atoms with van der Waals surface area (Å²) in [4.78, 5) is 19.8. The summed E-state index contributed by atoms with van der Waals surface area (Å²) in [6.45, 7) is 0. The molecule has 5 nitrogen and oxygen atoms in total. The second-order valence-corrected chi connectivity index (χ2v) is 11.2. The molecule has 0 radical (unpaired) electrons. The van der Waals surface area contributed by atoms with Crippen molar-refractivity contribution in [3.05, 3.63) is 152 Å². The minimum absolute atomic E-state index is 0.583. The number of hydrogen-bond donors (Lipinski definition) is 0. The monoisotopic (exact) mass is 575 g/mol. The maximum Gasteiger partial charge on any atom is 0.165 e. The third kappa shape index (κ3) is 4.25. The van der Waals surface area contributed by atoms with Crippen molar-refractivity contribution < 1.29 is 0 Å². The average molecular weight is 576 g/mol. The third-order valence-corrected chi connectivity index (χ3v) is 8.47. The summed E-state index contributed by atoms with van der Waals surface area (Å²) in [5.74, 6) is 2.68. The number of pyridine rings is 1. The van der Waals surface area contributed by atoms with E-state index in [4.69, 9.17) is 19.9 Å². The first-order valence-electron chi connectivity index (χ1n) is 15.0. The maximum atomic E-state index is 4.99. The Morgan fingerprint density at radius 3 is 1.82 bits per heavy atom. The van der Waals surface area contributed by atoms with E-state index in [2.05, 4.69) is 114 Å². The molecule has 45 heavy (non-hydrogen) atoms. The van der Waals surface area contributed by atoms with Gasteiger partial charge in [0.25, 0.3) is 0 Å². The van der Waals surface area contributed by atoms with Crippen molar-refractivity contribution in [2.75, 3.05) is 0 Å². The zero-order valence-corrected chi connectivity index (χ0v) is 24.2. The van der Waals surface area contributed by atoms with Crippen LogP contribution in [-0.4, -0.2) is 24.5 Å². The number of para-hydroxylation sites is 1. The molecule has 3 aromatic heterocycles. The van der Waals surface area contributed by atoms with Gasteiger partial charge in [-0.3, -0.25) is 4.57 Å². The molecule has 0 aliphatic carbocycles. The van der Waals surface area contributed by atoms with Crippen LogP contribution in [0.3, 0.4) is 0 Å². The summed E-state index contributed by atoms with van der Waals surface area (Å²) in [5.41, 5.74) is 4.95. The van der Waals surface area contributed by atoms with Crippen LogP contribution in [0.4, 0.5) is 0 Å². The van der Waals surface area contributed by atoms with Gasteiger partial charge in [0.05, 0.1) is 11.0 Å². The fourth-order valence-corrected chi connectivity index (χ4v) is 6.32. The average Bonchev–Trinajstić information content (AvgIpc) is 3.46. The van der Waals surface area contributed by atoms with Crippen molar-refractivity contribution in [1.82, 2.24) is 24.5 Å². The second-order valence-electron chi connectivity index (χ2n) is 11.2. The second kappa shape index (κ2) is 10.2. The molecule has 0 saturated carbocycles. The smallest absolute Gasteiger partial charge is 0.165 e. The predicted molar refractivity (Wildman–Crippen MR) is 183 cm³/mol. The van der Waals surface area contributed by atoms with Crippen LogP contribution in [0.15, 0.2) is 152 Å². The Bertz CT molecular complexity index is 2530. The van der Waals surface area contributed by atoms with Crippen LogP contribution in [0.2, 0.25) is 0 Å². The molecule has 0 bridgehead atoms. The van der Waals surface area contributed by atoms with Gasteiger partial charge in [0.1, 0.15) is 5.82 Å². The molecule has 5 heteroatoms. The summed E-state index contributed by atoms with van der Waals surface area (Å²) < 4.78 is 2.24. The normalized spacial score (nSPS) is 11.6. The molecule has 9 rings (SSSR count). The van der Waals surface area contributed by atoms with Crippen LogP contribution in [-0.2, 0) is 0 Å². The number of fused-ring (bicyclic) bond motifs is 6. The lowest BCUT2D eigenvalue weighted by atomic mass is 10.0. The standard InChI is InChI=1S/C40H25N5/c1-2-12-28(13-3-1)38-42-39(30-19-18-26-10-4-5-14-29(26)24-30)44-40(43-38)31-21-23-36(41-25-31)45-34-17-9-8-16-33(34)37-32-15-7-6-11-27(32)20-22-35(37)45/h1-25H. The Morgan fingerprint density at radius 2 is 1.02 bits per heavy atom. The van der Waals surface area contributed by atoms with Gasteiger partial charge in [-0.05, 0) is 51.9 Å². The van der Waals surface area contributed by atoms with Gasteiger partial charge in [0.15, 0.2) is 17.5 Å². The lowest BCUT2D eigenvalue weighted by Gasteiger charge is -2.10. The predicted octanol–water partition coefficient (Wildman–Crippen LogP) is 9.67. The zero-order chi connectivity index (χ0) is 29.7. The van der Waals surface area contributed by atoms with Gasteiger partial charge in [0, 0.05) is 33.7 Å². The molecule has 0 saturated heterocycles. The van der Waals surface area contributed by atoms with E-state index in [1.165, 1.54) is 26.9 Å². The topological polar surface area (TPSA) is 56.5 Å². The molecule has 210 valence electrons. The van der Waals surface area contributed by atoms with Crippen LogP contribution in [0.25, 0.3) is 83.3 Å². The van der Waals surface area contributed by atoms with Gasteiger partial charge in [-0.25, -0.2) is 19.9 Å². The lowest BCUT2D eigenvalue weighted by molar-refractivity contribution is 1.05. The molecule has 0 atom stereocenters. The fourth-order valence-electron chi connectivity index (χ4n) is 6.32. The first kappa shape index (κ1) is 25.3. The first-order chi connectivity index (χ1) is 22.3. The molecular weight excluding hydrogens is 550 g/mol. The highest BCUT2D eigenvalue weighted by molar-refractivity contribution is 6.21. The fraction of sp³-hybridized carbons (Fsp3) is 0. The molecule has 0 spiro atoms. The highest BCUT2D eigenvalue weighted by Crippen LogP contribution is 2.36. The zero-order valence-electron chi connectivity index (χ0n) is 24.2. The minimum Gasteiger partial charge on any atom is -0.294 e. The molecule has 3 heterocycles. The quantitative estimate of drug-likeness (QED) is 0.210. The van der Waals surface area contributed by atoms with E-state index in [9.17, 15) is 0 Å². The van der Waals surface area contributed by atoms with E-state index < -0.39 is 0 Å². The van der Waals surface area contributed by atoms with Crippen molar-refractivity contribution in [3.63, 3.8) is 0 Å². The Kier molecular flexibility index (Phi) is 5.74. The highest BCUT2D eigenvalue weighted by atomic mass is 15.1. The highest BCUT2D eigenvalue weighted by Gasteiger charge is 2.17. The molecule has 9 aromatic rings. The summed E-state index contributed by atoms with van der Waals surface area (Å²) in [7, 11) is 0. The molecule has 0 N–H and O–H groups in total. The van der Waals surface area contributed by atoms with E-state index >= 15 is 0 Å². The largest absolute Gasteiger partial charge is 0.294 e. The van der Waals surface area contributed by atoms with Gasteiger partial charge in [-0.2, -0.15) is 0 Å². The third-order valence-electron chi connectivity index (χ3n) is 8.47. The van der Waals surface area contributed by atoms with Crippen LogP contribution >= 0.6 is 0 Å². The number of hydrogen-bond acceptors (Lipinski definition) is 4. The van der Waals surface area contributed by atoms with E-state index in [-0.39, 0.29) is 0 Å². The van der Waals surface area contributed by atoms with E-state index in [1.54, 1.807) is 0 Å². The lowest BCUT2D eigenvalue weighted by Crippen LogP contribution is -2.01. The van der Waals surface area contributed by atoms with Gasteiger partial charge >= 0.3 is 0 Å². The molecular formula is C40H25N5. The molecule has 0 aliphatic heterocycles. The summed E-state index contributed by atoms with van der Waals surface area (Å²) in [5, 5.41) is 7.23. The SMILES string of the molecule is c1ccc(-c2nc(-c3ccc(-n4c5ccccc5c5c6ccccc6ccc54)nc3)nc(-c3ccc4ccccc4c3)n2)cc1. The van der Waals surface area contributed by atoms with Crippen LogP contribution in [0.5, 0.6) is 0 Å². The van der Waals surface area contributed by atoms with Gasteiger partial charge < -0.3 is 0 Å². The van der Waals surface area contributed by atoms with E-state index in [0.717, 1.165) is 38.9 Å². The van der Waals surface area contributed by atoms with E-state index in [1.807, 2.05) is 42.6 Å².